The van der Waals surface area contributed by atoms with Crippen molar-refractivity contribution in [1.82, 2.24) is 5.43 Å². The average Bonchev–Trinajstić information content (AvgIpc) is 2.98. The van der Waals surface area contributed by atoms with Crippen molar-refractivity contribution in [3.63, 3.8) is 0 Å². The molecule has 20 heavy (non-hydrogen) atoms. The molecular formula is C14H15N3O2S. The van der Waals surface area contributed by atoms with Gasteiger partial charge in [0, 0.05) is 4.88 Å². The first-order valence-corrected chi connectivity index (χ1v) is 6.90. The molecule has 5 nitrogen and oxygen atoms in total. The van der Waals surface area contributed by atoms with Gasteiger partial charge in [0.25, 0.3) is 5.91 Å². The Labute approximate surface area is 121 Å². The number of carbonyl (C=O) groups excluding carboxylic acids is 1. The van der Waals surface area contributed by atoms with E-state index in [1.54, 1.807) is 24.7 Å². The molecule has 0 atom stereocenters. The number of ether oxygens (including phenoxy) is 1. The van der Waals surface area contributed by atoms with Crippen molar-refractivity contribution >= 4 is 29.1 Å². The molecule has 6 heteroatoms. The molecule has 0 bridgehead atoms. The fourth-order valence-electron chi connectivity index (χ4n) is 1.54. The largest absolute Gasteiger partial charge is 0.495 e. The van der Waals surface area contributed by atoms with Crippen LogP contribution in [0, 0.1) is 0 Å². The summed E-state index contributed by atoms with van der Waals surface area (Å²) in [6.45, 7) is 0.127. The third kappa shape index (κ3) is 4.10. The number of carbonyl (C=O) groups is 1. The van der Waals surface area contributed by atoms with Crippen LogP contribution in [0.4, 0.5) is 5.69 Å². The Balaban J connectivity index is 1.80. The van der Waals surface area contributed by atoms with E-state index in [2.05, 4.69) is 15.8 Å². The zero-order chi connectivity index (χ0) is 14.2. The molecule has 2 rings (SSSR count). The van der Waals surface area contributed by atoms with Gasteiger partial charge in [0.2, 0.25) is 0 Å². The Kier molecular flexibility index (Phi) is 5.14. The van der Waals surface area contributed by atoms with Gasteiger partial charge in [-0.2, -0.15) is 5.10 Å². The summed E-state index contributed by atoms with van der Waals surface area (Å²) in [5.74, 6) is 0.478. The molecule has 0 spiro atoms. The van der Waals surface area contributed by atoms with Crippen LogP contribution < -0.4 is 15.5 Å². The van der Waals surface area contributed by atoms with Gasteiger partial charge < -0.3 is 10.1 Å². The number of hydrogen-bond donors (Lipinski definition) is 2. The average molecular weight is 289 g/mol. The van der Waals surface area contributed by atoms with Gasteiger partial charge in [0.1, 0.15) is 5.75 Å². The molecule has 1 amide bonds. The maximum atomic E-state index is 11.6. The summed E-state index contributed by atoms with van der Waals surface area (Å²) in [5.41, 5.74) is 3.23. The molecule has 1 aromatic carbocycles. The van der Waals surface area contributed by atoms with Crippen molar-refractivity contribution < 1.29 is 9.53 Å². The van der Waals surface area contributed by atoms with Crippen LogP contribution in [0.5, 0.6) is 5.75 Å². The summed E-state index contributed by atoms with van der Waals surface area (Å²) >= 11 is 1.56. The number of anilines is 1. The number of para-hydroxylation sites is 2. The molecular weight excluding hydrogens is 274 g/mol. The number of thiophene rings is 1. The van der Waals surface area contributed by atoms with Crippen LogP contribution in [0.2, 0.25) is 0 Å². The standard InChI is InChI=1S/C14H15N3O2S/c1-19-13-7-3-2-6-12(13)15-10-14(18)17-16-9-11-5-4-8-20-11/h2-9,15H,10H2,1H3,(H,17,18). The number of rotatable bonds is 6. The third-order valence-electron chi connectivity index (χ3n) is 2.47. The maximum Gasteiger partial charge on any atom is 0.259 e. The number of benzene rings is 1. The van der Waals surface area contributed by atoms with Crippen molar-refractivity contribution in [2.45, 2.75) is 0 Å². The molecule has 0 saturated heterocycles. The lowest BCUT2D eigenvalue weighted by Gasteiger charge is -2.09. The van der Waals surface area contributed by atoms with E-state index in [1.165, 1.54) is 0 Å². The van der Waals surface area contributed by atoms with Crippen LogP contribution in [-0.4, -0.2) is 25.8 Å². The van der Waals surface area contributed by atoms with E-state index in [4.69, 9.17) is 4.74 Å². The quantitative estimate of drug-likeness (QED) is 0.633. The highest BCUT2D eigenvalue weighted by Crippen LogP contribution is 2.22. The molecule has 104 valence electrons. The smallest absolute Gasteiger partial charge is 0.259 e. The summed E-state index contributed by atoms with van der Waals surface area (Å²) in [4.78, 5) is 12.6. The van der Waals surface area contributed by atoms with Gasteiger partial charge in [-0.15, -0.1) is 11.3 Å². The first-order valence-electron chi connectivity index (χ1n) is 6.02. The number of hydrogen-bond acceptors (Lipinski definition) is 5. The lowest BCUT2D eigenvalue weighted by atomic mass is 10.3. The van der Waals surface area contributed by atoms with E-state index in [0.717, 1.165) is 10.6 Å². The van der Waals surface area contributed by atoms with Crippen LogP contribution in [0.3, 0.4) is 0 Å². The van der Waals surface area contributed by atoms with E-state index >= 15 is 0 Å². The molecule has 2 aromatic rings. The zero-order valence-corrected chi connectivity index (χ0v) is 11.8. The van der Waals surface area contributed by atoms with Crippen LogP contribution in [0.1, 0.15) is 4.88 Å². The van der Waals surface area contributed by atoms with Crippen molar-refractivity contribution in [3.8, 4) is 5.75 Å². The second-order valence-electron chi connectivity index (χ2n) is 3.86. The predicted molar refractivity (Wildman–Crippen MR) is 81.5 cm³/mol. The molecule has 0 saturated carbocycles. The molecule has 1 heterocycles. The van der Waals surface area contributed by atoms with E-state index in [-0.39, 0.29) is 12.5 Å². The van der Waals surface area contributed by atoms with Gasteiger partial charge >= 0.3 is 0 Å². The first kappa shape index (κ1) is 14.1. The summed E-state index contributed by atoms with van der Waals surface area (Å²) in [7, 11) is 1.59. The Morgan fingerprint density at radius 3 is 2.95 bits per heavy atom. The van der Waals surface area contributed by atoms with Crippen molar-refractivity contribution in [1.29, 1.82) is 0 Å². The highest BCUT2D eigenvalue weighted by atomic mass is 32.1. The molecule has 0 radical (unpaired) electrons. The van der Waals surface area contributed by atoms with Gasteiger partial charge in [-0.3, -0.25) is 4.79 Å². The number of nitrogens with zero attached hydrogens (tertiary/aromatic N) is 1. The Bertz CT molecular complexity index is 582. The molecule has 0 fully saturated rings. The summed E-state index contributed by atoms with van der Waals surface area (Å²) in [5, 5.41) is 8.83. The first-order chi connectivity index (χ1) is 9.79. The lowest BCUT2D eigenvalue weighted by molar-refractivity contribution is -0.119. The van der Waals surface area contributed by atoms with Crippen molar-refractivity contribution in [2.24, 2.45) is 5.10 Å². The number of nitrogens with one attached hydrogen (secondary N) is 2. The number of amides is 1. The maximum absolute atomic E-state index is 11.6. The van der Waals surface area contributed by atoms with Gasteiger partial charge in [-0.05, 0) is 23.6 Å². The third-order valence-corrected chi connectivity index (χ3v) is 3.28. The van der Waals surface area contributed by atoms with Gasteiger partial charge in [-0.25, -0.2) is 5.43 Å². The van der Waals surface area contributed by atoms with E-state index in [0.29, 0.717) is 5.75 Å². The second-order valence-corrected chi connectivity index (χ2v) is 4.84. The molecule has 0 aliphatic carbocycles. The Morgan fingerprint density at radius 1 is 1.35 bits per heavy atom. The Morgan fingerprint density at radius 2 is 2.20 bits per heavy atom. The van der Waals surface area contributed by atoms with Gasteiger partial charge in [0.05, 0.1) is 25.6 Å². The fraction of sp³-hybridized carbons (Fsp3) is 0.143. The van der Waals surface area contributed by atoms with Crippen LogP contribution in [0.15, 0.2) is 46.9 Å². The minimum Gasteiger partial charge on any atom is -0.495 e. The van der Waals surface area contributed by atoms with E-state index in [1.807, 2.05) is 41.8 Å². The molecule has 0 unspecified atom stereocenters. The van der Waals surface area contributed by atoms with Crippen LogP contribution >= 0.6 is 11.3 Å². The van der Waals surface area contributed by atoms with Gasteiger partial charge in [0.15, 0.2) is 0 Å². The second kappa shape index (κ2) is 7.30. The van der Waals surface area contributed by atoms with Gasteiger partial charge in [-0.1, -0.05) is 18.2 Å². The summed E-state index contributed by atoms with van der Waals surface area (Å²) in [6, 6.07) is 11.3. The molecule has 0 aliphatic rings. The molecule has 0 aliphatic heterocycles. The topological polar surface area (TPSA) is 62.7 Å². The normalized spacial score (nSPS) is 10.4. The predicted octanol–water partition coefficient (Wildman–Crippen LogP) is 2.32. The fourth-order valence-corrected chi connectivity index (χ4v) is 2.12. The van der Waals surface area contributed by atoms with Crippen molar-refractivity contribution in [3.05, 3.63) is 46.7 Å². The Hall–Kier alpha value is -2.34. The lowest BCUT2D eigenvalue weighted by Crippen LogP contribution is -2.25. The highest BCUT2D eigenvalue weighted by Gasteiger charge is 2.03. The minimum atomic E-state index is -0.219. The van der Waals surface area contributed by atoms with Crippen molar-refractivity contribution in [2.75, 3.05) is 19.0 Å². The summed E-state index contributed by atoms with van der Waals surface area (Å²) in [6.07, 6.45) is 1.62. The SMILES string of the molecule is COc1ccccc1NCC(=O)NN=Cc1cccs1. The number of hydrazone groups is 1. The zero-order valence-electron chi connectivity index (χ0n) is 11.0. The highest BCUT2D eigenvalue weighted by molar-refractivity contribution is 7.11. The monoisotopic (exact) mass is 289 g/mol. The minimum absolute atomic E-state index is 0.127. The molecule has 1 aromatic heterocycles. The van der Waals surface area contributed by atoms with E-state index < -0.39 is 0 Å². The van der Waals surface area contributed by atoms with Crippen LogP contribution in [-0.2, 0) is 4.79 Å². The molecule has 2 N–H and O–H groups in total. The van der Waals surface area contributed by atoms with Crippen LogP contribution in [0.25, 0.3) is 0 Å². The van der Waals surface area contributed by atoms with E-state index in [9.17, 15) is 4.79 Å². The number of methoxy groups -OCH3 is 1. The summed E-state index contributed by atoms with van der Waals surface area (Å²) < 4.78 is 5.19.